The zero-order chi connectivity index (χ0) is 19.6. The van der Waals surface area contributed by atoms with Gasteiger partial charge in [-0.3, -0.25) is 0 Å². The molecule has 2 atom stereocenters. The molecular formula is C15H24N8O4. The molecule has 0 radical (unpaired) electrons. The fraction of sp³-hybridized carbons (Fsp3) is 0.533. The number of unbranched alkanes of at least 4 members (excludes halogenated alkanes) is 1. The summed E-state index contributed by atoms with van der Waals surface area (Å²) in [5, 5.41) is 17.9. The van der Waals surface area contributed by atoms with E-state index < -0.39 is 18.0 Å². The number of nitrogens with zero attached hydrogens (tertiary/aromatic N) is 3. The first-order valence-electron chi connectivity index (χ1n) is 8.52. The smallest absolute Gasteiger partial charge is 0.326 e. The van der Waals surface area contributed by atoms with Crippen molar-refractivity contribution in [2.75, 3.05) is 6.54 Å². The number of amides is 2. The number of nitrogens with two attached hydrogens (primary N) is 2. The Kier molecular flexibility index (Phi) is 7.70. The molecule has 148 valence electrons. The second-order valence-corrected chi connectivity index (χ2v) is 5.94. The summed E-state index contributed by atoms with van der Waals surface area (Å²) in [6.45, 7) is 0.547. The van der Waals surface area contributed by atoms with E-state index in [1.165, 1.54) is 12.5 Å². The average molecular weight is 380 g/mol. The highest BCUT2D eigenvalue weighted by molar-refractivity contribution is 5.82. The molecule has 0 spiro atoms. The van der Waals surface area contributed by atoms with Gasteiger partial charge >= 0.3 is 12.0 Å². The van der Waals surface area contributed by atoms with Crippen molar-refractivity contribution in [1.29, 1.82) is 0 Å². The Morgan fingerprint density at radius 3 is 2.85 bits per heavy atom. The number of hydrogen-bond acceptors (Lipinski definition) is 8. The summed E-state index contributed by atoms with van der Waals surface area (Å²) in [6.07, 6.45) is 5.40. The predicted octanol–water partition coefficient (Wildman–Crippen LogP) is -0.583. The first-order chi connectivity index (χ1) is 13.0. The molecule has 0 aliphatic carbocycles. The number of urea groups is 1. The lowest BCUT2D eigenvalue weighted by molar-refractivity contribution is -0.139. The first-order valence-corrected chi connectivity index (χ1v) is 8.52. The molecule has 12 heteroatoms. The van der Waals surface area contributed by atoms with E-state index in [1.54, 1.807) is 0 Å². The van der Waals surface area contributed by atoms with Crippen LogP contribution in [0.1, 0.15) is 42.7 Å². The van der Waals surface area contributed by atoms with Crippen molar-refractivity contribution in [3.8, 4) is 0 Å². The maximum Gasteiger partial charge on any atom is 0.326 e. The molecule has 0 fully saturated rings. The van der Waals surface area contributed by atoms with Crippen molar-refractivity contribution >= 4 is 12.0 Å². The third kappa shape index (κ3) is 6.67. The van der Waals surface area contributed by atoms with Crippen LogP contribution in [-0.2, 0) is 17.8 Å². The second-order valence-electron chi connectivity index (χ2n) is 5.94. The van der Waals surface area contributed by atoms with E-state index in [0.717, 1.165) is 12.8 Å². The van der Waals surface area contributed by atoms with E-state index >= 15 is 0 Å². The normalized spacial score (nSPS) is 13.1. The van der Waals surface area contributed by atoms with Gasteiger partial charge in [0.1, 0.15) is 6.04 Å². The van der Waals surface area contributed by atoms with Crippen molar-refractivity contribution in [1.82, 2.24) is 30.7 Å². The molecule has 0 saturated heterocycles. The van der Waals surface area contributed by atoms with Crippen molar-refractivity contribution in [2.24, 2.45) is 11.5 Å². The SMILES string of the molecule is NCCCC[C@H](N)c1noc(CNC(=O)N[C@@H](Cc2cnc[nH]2)C(=O)O)n1. The molecule has 2 aromatic heterocycles. The number of aromatic amines is 1. The number of nitrogens with one attached hydrogen (secondary N) is 3. The lowest BCUT2D eigenvalue weighted by atomic mass is 10.1. The Labute approximate surface area is 155 Å². The maximum absolute atomic E-state index is 11.9. The van der Waals surface area contributed by atoms with Crippen LogP contribution in [-0.4, -0.2) is 49.8 Å². The molecule has 2 rings (SSSR count). The Bertz CT molecular complexity index is 717. The van der Waals surface area contributed by atoms with Crippen molar-refractivity contribution in [3.05, 3.63) is 29.9 Å². The predicted molar refractivity (Wildman–Crippen MR) is 93.2 cm³/mol. The number of H-pyrrole nitrogens is 1. The summed E-state index contributed by atoms with van der Waals surface area (Å²) in [5.41, 5.74) is 12.0. The van der Waals surface area contributed by atoms with Crippen LogP contribution in [0.5, 0.6) is 0 Å². The number of hydrogen-bond donors (Lipinski definition) is 6. The highest BCUT2D eigenvalue weighted by Crippen LogP contribution is 2.13. The summed E-state index contributed by atoms with van der Waals surface area (Å²) in [5.74, 6) is -0.634. The van der Waals surface area contributed by atoms with E-state index in [0.29, 0.717) is 24.5 Å². The van der Waals surface area contributed by atoms with Gasteiger partial charge in [-0.1, -0.05) is 11.6 Å². The lowest BCUT2D eigenvalue weighted by Crippen LogP contribution is -2.47. The van der Waals surface area contributed by atoms with Crippen LogP contribution >= 0.6 is 0 Å². The van der Waals surface area contributed by atoms with E-state index in [4.69, 9.17) is 16.0 Å². The van der Waals surface area contributed by atoms with Gasteiger partial charge in [-0.05, 0) is 19.4 Å². The van der Waals surface area contributed by atoms with Crippen LogP contribution in [0.4, 0.5) is 4.79 Å². The topological polar surface area (TPSA) is 198 Å². The number of rotatable bonds is 11. The molecular weight excluding hydrogens is 356 g/mol. The van der Waals surface area contributed by atoms with Crippen LogP contribution in [0.25, 0.3) is 0 Å². The Morgan fingerprint density at radius 2 is 2.19 bits per heavy atom. The summed E-state index contributed by atoms with van der Waals surface area (Å²) in [4.78, 5) is 33.9. The summed E-state index contributed by atoms with van der Waals surface area (Å²) in [7, 11) is 0. The van der Waals surface area contributed by atoms with Gasteiger partial charge in [0.15, 0.2) is 5.82 Å². The quantitative estimate of drug-likeness (QED) is 0.276. The average Bonchev–Trinajstić information content (AvgIpc) is 3.31. The first kappa shape index (κ1) is 20.3. The zero-order valence-electron chi connectivity index (χ0n) is 14.7. The fourth-order valence-electron chi connectivity index (χ4n) is 2.31. The molecule has 0 saturated carbocycles. The van der Waals surface area contributed by atoms with E-state index in [2.05, 4.69) is 30.7 Å². The van der Waals surface area contributed by atoms with E-state index in [1.807, 2.05) is 0 Å². The second kappa shape index (κ2) is 10.2. The molecule has 0 bridgehead atoms. The van der Waals surface area contributed by atoms with E-state index in [-0.39, 0.29) is 24.9 Å². The Morgan fingerprint density at radius 1 is 1.37 bits per heavy atom. The largest absolute Gasteiger partial charge is 0.480 e. The molecule has 0 unspecified atom stereocenters. The number of carboxylic acid groups (broad SMARTS) is 1. The molecule has 2 heterocycles. The molecule has 8 N–H and O–H groups in total. The monoisotopic (exact) mass is 380 g/mol. The highest BCUT2D eigenvalue weighted by atomic mass is 16.5. The van der Waals surface area contributed by atoms with Crippen molar-refractivity contribution in [2.45, 2.75) is 44.3 Å². The number of imidazole rings is 1. The van der Waals surface area contributed by atoms with Gasteiger partial charge in [-0.25, -0.2) is 14.6 Å². The van der Waals surface area contributed by atoms with Crippen LogP contribution in [0.2, 0.25) is 0 Å². The molecule has 0 aliphatic rings. The minimum Gasteiger partial charge on any atom is -0.480 e. The fourth-order valence-corrected chi connectivity index (χ4v) is 2.31. The minimum absolute atomic E-state index is 0.0508. The number of aliphatic carboxylic acids is 1. The summed E-state index contributed by atoms with van der Waals surface area (Å²) < 4.78 is 5.04. The molecule has 12 nitrogen and oxygen atoms in total. The van der Waals surface area contributed by atoms with Gasteiger partial charge in [0.05, 0.1) is 18.9 Å². The Hall–Kier alpha value is -2.99. The highest BCUT2D eigenvalue weighted by Gasteiger charge is 2.21. The van der Waals surface area contributed by atoms with Crippen molar-refractivity contribution in [3.63, 3.8) is 0 Å². The number of carboxylic acids is 1. The van der Waals surface area contributed by atoms with E-state index in [9.17, 15) is 14.7 Å². The standard InChI is InChI=1S/C15H24N8O4/c16-4-2-1-3-10(17)13-22-12(27-23-13)7-19-15(26)21-11(14(24)25)5-9-6-18-8-20-9/h6,8,10-11H,1-5,7,16-17H2,(H,18,20)(H,24,25)(H2,19,21,26)/t10-,11-/m0/s1. The van der Waals surface area contributed by atoms with Gasteiger partial charge in [0, 0.05) is 18.3 Å². The maximum atomic E-state index is 11.9. The molecule has 0 aromatic carbocycles. The lowest BCUT2D eigenvalue weighted by Gasteiger charge is -2.13. The third-order valence-electron chi connectivity index (χ3n) is 3.77. The molecule has 2 aromatic rings. The van der Waals surface area contributed by atoms with Crippen LogP contribution < -0.4 is 22.1 Å². The Balaban J connectivity index is 1.79. The molecule has 0 aliphatic heterocycles. The minimum atomic E-state index is -1.16. The summed E-state index contributed by atoms with van der Waals surface area (Å²) >= 11 is 0. The van der Waals surface area contributed by atoms with Gasteiger partial charge in [-0.15, -0.1) is 0 Å². The van der Waals surface area contributed by atoms with Gasteiger partial charge in [-0.2, -0.15) is 4.98 Å². The molecule has 27 heavy (non-hydrogen) atoms. The van der Waals surface area contributed by atoms with Crippen LogP contribution in [0.3, 0.4) is 0 Å². The van der Waals surface area contributed by atoms with Gasteiger partial charge < -0.3 is 36.7 Å². The number of carbonyl (C=O) groups excluding carboxylic acids is 1. The van der Waals surface area contributed by atoms with Crippen LogP contribution in [0.15, 0.2) is 17.0 Å². The zero-order valence-corrected chi connectivity index (χ0v) is 14.7. The summed E-state index contributed by atoms with van der Waals surface area (Å²) in [6, 6.07) is -2.15. The number of carbonyl (C=O) groups is 2. The number of aromatic nitrogens is 4. The van der Waals surface area contributed by atoms with Gasteiger partial charge in [0.2, 0.25) is 5.89 Å². The third-order valence-corrected chi connectivity index (χ3v) is 3.77. The van der Waals surface area contributed by atoms with Gasteiger partial charge in [0.25, 0.3) is 0 Å². The van der Waals surface area contributed by atoms with Crippen molar-refractivity contribution < 1.29 is 19.2 Å². The van der Waals surface area contributed by atoms with Crippen LogP contribution in [0, 0.1) is 0 Å². The molecule has 2 amide bonds.